The van der Waals surface area contributed by atoms with Crippen molar-refractivity contribution in [1.82, 2.24) is 20.9 Å². The third-order valence-electron chi connectivity index (χ3n) is 4.79. The molecular weight excluding hydrogens is 336 g/mol. The number of carbonyl (C=O) groups excluding carboxylic acids is 3. The Hall–Kier alpha value is -2.45. The maximum atomic E-state index is 12.4. The van der Waals surface area contributed by atoms with Gasteiger partial charge in [-0.3, -0.25) is 19.8 Å². The number of hydrogen-bond acceptors (Lipinski definition) is 5. The summed E-state index contributed by atoms with van der Waals surface area (Å²) >= 11 is 0. The van der Waals surface area contributed by atoms with Gasteiger partial charge in [-0.25, -0.2) is 4.79 Å². The van der Waals surface area contributed by atoms with Crippen molar-refractivity contribution in [1.29, 1.82) is 0 Å². The van der Waals surface area contributed by atoms with Gasteiger partial charge in [0.1, 0.15) is 5.54 Å². The van der Waals surface area contributed by atoms with Crippen LogP contribution in [0.2, 0.25) is 0 Å². The zero-order chi connectivity index (χ0) is 18.4. The lowest BCUT2D eigenvalue weighted by Gasteiger charge is -2.27. The van der Waals surface area contributed by atoms with Gasteiger partial charge in [0, 0.05) is 32.6 Å². The van der Waals surface area contributed by atoms with Crippen LogP contribution in [0.1, 0.15) is 18.4 Å². The van der Waals surface area contributed by atoms with Gasteiger partial charge in [-0.2, -0.15) is 0 Å². The molecule has 1 aromatic carbocycles. The SMILES string of the molecule is O=C(CCC1(c2ccccc2)NC(=O)NC1=O)NCCN1CCOCC1. The molecule has 8 nitrogen and oxygen atoms in total. The quantitative estimate of drug-likeness (QED) is 0.592. The number of carbonyl (C=O) groups is 3. The molecule has 2 aliphatic heterocycles. The fourth-order valence-electron chi connectivity index (χ4n) is 3.31. The molecule has 2 heterocycles. The van der Waals surface area contributed by atoms with E-state index >= 15 is 0 Å². The van der Waals surface area contributed by atoms with Crippen LogP contribution in [-0.4, -0.2) is 62.1 Å². The van der Waals surface area contributed by atoms with E-state index < -0.39 is 17.5 Å². The lowest BCUT2D eigenvalue weighted by molar-refractivity contribution is -0.125. The first-order valence-corrected chi connectivity index (χ1v) is 8.86. The molecule has 1 atom stereocenters. The van der Waals surface area contributed by atoms with Gasteiger partial charge in [-0.1, -0.05) is 30.3 Å². The van der Waals surface area contributed by atoms with Crippen molar-refractivity contribution < 1.29 is 19.1 Å². The van der Waals surface area contributed by atoms with Crippen molar-refractivity contribution in [3.05, 3.63) is 35.9 Å². The summed E-state index contributed by atoms with van der Waals surface area (Å²) in [5.74, 6) is -0.558. The van der Waals surface area contributed by atoms with Crippen molar-refractivity contribution in [3.63, 3.8) is 0 Å². The molecule has 4 amide bonds. The zero-order valence-electron chi connectivity index (χ0n) is 14.6. The number of nitrogens with one attached hydrogen (secondary N) is 3. The first kappa shape index (κ1) is 18.3. The van der Waals surface area contributed by atoms with Gasteiger partial charge in [0.05, 0.1) is 13.2 Å². The molecule has 0 bridgehead atoms. The second kappa shape index (κ2) is 8.29. The topological polar surface area (TPSA) is 99.8 Å². The maximum absolute atomic E-state index is 12.4. The molecule has 2 aliphatic rings. The summed E-state index contributed by atoms with van der Waals surface area (Å²) in [6.45, 7) is 4.52. The molecule has 26 heavy (non-hydrogen) atoms. The van der Waals surface area contributed by atoms with Crippen molar-refractivity contribution in [3.8, 4) is 0 Å². The standard InChI is InChI=1S/C18H24N4O4/c23-15(19-8-9-22-10-12-26-13-11-22)6-7-18(14-4-2-1-3-5-14)16(24)20-17(25)21-18/h1-5H,6-13H2,(H,19,23)(H2,20,21,24,25). The van der Waals surface area contributed by atoms with E-state index in [0.29, 0.717) is 12.1 Å². The number of urea groups is 1. The number of ether oxygens (including phenoxy) is 1. The van der Waals surface area contributed by atoms with E-state index in [4.69, 9.17) is 4.74 Å². The molecule has 0 aliphatic carbocycles. The number of nitrogens with zero attached hydrogens (tertiary/aromatic N) is 1. The van der Waals surface area contributed by atoms with Gasteiger partial charge in [0.2, 0.25) is 5.91 Å². The molecule has 140 valence electrons. The van der Waals surface area contributed by atoms with E-state index in [0.717, 1.165) is 32.8 Å². The molecule has 1 unspecified atom stereocenters. The number of imide groups is 1. The highest BCUT2D eigenvalue weighted by Gasteiger charge is 2.47. The zero-order valence-corrected chi connectivity index (χ0v) is 14.6. The van der Waals surface area contributed by atoms with Gasteiger partial charge >= 0.3 is 6.03 Å². The molecule has 3 N–H and O–H groups in total. The molecule has 0 saturated carbocycles. The van der Waals surface area contributed by atoms with E-state index in [9.17, 15) is 14.4 Å². The highest BCUT2D eigenvalue weighted by Crippen LogP contribution is 2.29. The second-order valence-corrected chi connectivity index (χ2v) is 6.48. The smallest absolute Gasteiger partial charge is 0.322 e. The van der Waals surface area contributed by atoms with Crippen LogP contribution in [0.15, 0.2) is 30.3 Å². The summed E-state index contributed by atoms with van der Waals surface area (Å²) < 4.78 is 5.29. The maximum Gasteiger partial charge on any atom is 0.322 e. The molecule has 0 spiro atoms. The highest BCUT2D eigenvalue weighted by atomic mass is 16.5. The minimum absolute atomic E-state index is 0.137. The van der Waals surface area contributed by atoms with Crippen molar-refractivity contribution in [2.24, 2.45) is 0 Å². The van der Waals surface area contributed by atoms with Crippen LogP contribution in [0.4, 0.5) is 4.79 Å². The van der Waals surface area contributed by atoms with Gasteiger partial charge < -0.3 is 15.4 Å². The van der Waals surface area contributed by atoms with E-state index in [1.807, 2.05) is 6.07 Å². The summed E-state index contributed by atoms with van der Waals surface area (Å²) in [6, 6.07) is 8.47. The number of morpholine rings is 1. The predicted octanol–water partition coefficient (Wildman–Crippen LogP) is -0.0501. The van der Waals surface area contributed by atoms with E-state index in [2.05, 4.69) is 20.9 Å². The van der Waals surface area contributed by atoms with Crippen molar-refractivity contribution in [2.75, 3.05) is 39.4 Å². The summed E-state index contributed by atoms with van der Waals surface area (Å²) in [7, 11) is 0. The molecule has 8 heteroatoms. The largest absolute Gasteiger partial charge is 0.379 e. The number of benzene rings is 1. The Morgan fingerprint density at radius 3 is 2.58 bits per heavy atom. The van der Waals surface area contributed by atoms with E-state index in [-0.39, 0.29) is 18.7 Å². The lowest BCUT2D eigenvalue weighted by atomic mass is 9.85. The Morgan fingerprint density at radius 1 is 1.19 bits per heavy atom. The molecule has 2 saturated heterocycles. The monoisotopic (exact) mass is 360 g/mol. The average molecular weight is 360 g/mol. The van der Waals surface area contributed by atoms with Crippen LogP contribution in [-0.2, 0) is 19.9 Å². The van der Waals surface area contributed by atoms with Gasteiger partial charge in [0.25, 0.3) is 5.91 Å². The van der Waals surface area contributed by atoms with E-state index in [1.165, 1.54) is 0 Å². The van der Waals surface area contributed by atoms with Crippen LogP contribution in [0.25, 0.3) is 0 Å². The van der Waals surface area contributed by atoms with Crippen molar-refractivity contribution in [2.45, 2.75) is 18.4 Å². The number of hydrogen-bond donors (Lipinski definition) is 3. The number of rotatable bonds is 7. The van der Waals surface area contributed by atoms with Gasteiger partial charge in [-0.05, 0) is 12.0 Å². The van der Waals surface area contributed by atoms with Crippen LogP contribution >= 0.6 is 0 Å². The predicted molar refractivity (Wildman–Crippen MR) is 94.3 cm³/mol. The average Bonchev–Trinajstić information content (AvgIpc) is 2.96. The van der Waals surface area contributed by atoms with Gasteiger partial charge in [0.15, 0.2) is 0 Å². The summed E-state index contributed by atoms with van der Waals surface area (Å²) in [5.41, 5.74) is -0.524. The first-order chi connectivity index (χ1) is 12.6. The molecule has 2 fully saturated rings. The molecular formula is C18H24N4O4. The van der Waals surface area contributed by atoms with Crippen LogP contribution < -0.4 is 16.0 Å². The second-order valence-electron chi connectivity index (χ2n) is 6.48. The Kier molecular flexibility index (Phi) is 5.85. The van der Waals surface area contributed by atoms with Crippen LogP contribution in [0.3, 0.4) is 0 Å². The summed E-state index contributed by atoms with van der Waals surface area (Å²) in [5, 5.41) is 7.85. The Bertz CT molecular complexity index is 660. The lowest BCUT2D eigenvalue weighted by Crippen LogP contribution is -2.45. The Labute approximate surface area is 152 Å². The third kappa shape index (κ3) is 4.20. The minimum atomic E-state index is -1.19. The summed E-state index contributed by atoms with van der Waals surface area (Å²) in [4.78, 5) is 38.5. The van der Waals surface area contributed by atoms with E-state index in [1.54, 1.807) is 24.3 Å². The van der Waals surface area contributed by atoms with Crippen LogP contribution in [0.5, 0.6) is 0 Å². The molecule has 0 aromatic heterocycles. The summed E-state index contributed by atoms with van der Waals surface area (Å²) in [6.07, 6.45) is 0.351. The third-order valence-corrected chi connectivity index (χ3v) is 4.79. The van der Waals surface area contributed by atoms with Crippen LogP contribution in [0, 0.1) is 0 Å². The first-order valence-electron chi connectivity index (χ1n) is 8.86. The minimum Gasteiger partial charge on any atom is -0.379 e. The molecule has 3 rings (SSSR count). The Morgan fingerprint density at radius 2 is 1.92 bits per heavy atom. The molecule has 1 aromatic rings. The van der Waals surface area contributed by atoms with Gasteiger partial charge in [-0.15, -0.1) is 0 Å². The highest BCUT2D eigenvalue weighted by molar-refractivity contribution is 6.07. The fraction of sp³-hybridized carbons (Fsp3) is 0.500. The molecule has 0 radical (unpaired) electrons. The Balaban J connectivity index is 1.54. The number of amides is 4. The van der Waals surface area contributed by atoms with Crippen molar-refractivity contribution >= 4 is 17.8 Å². The normalized spacial score (nSPS) is 23.4. The fourth-order valence-corrected chi connectivity index (χ4v) is 3.31.